The molecule has 0 saturated carbocycles. The Hall–Kier alpha value is -1.85. The van der Waals surface area contributed by atoms with E-state index >= 15 is 0 Å². The molecule has 156 valence electrons. The molecule has 6 heteroatoms. The number of allylic oxidation sites excluding steroid dienone is 2. The zero-order valence-corrected chi connectivity index (χ0v) is 18.3. The normalized spacial score (nSPS) is 13.7. The van der Waals surface area contributed by atoms with Gasteiger partial charge in [-0.3, -0.25) is 10.2 Å². The number of carbonyl (C=O) groups excluding carboxylic acids is 1. The number of aliphatic hydroxyl groups excluding tert-OH is 1. The van der Waals surface area contributed by atoms with Crippen LogP contribution in [0.3, 0.4) is 0 Å². The number of aliphatic hydroxyl groups is 1. The van der Waals surface area contributed by atoms with Gasteiger partial charge in [0.05, 0.1) is 6.61 Å². The Morgan fingerprint density at radius 2 is 2.04 bits per heavy atom. The van der Waals surface area contributed by atoms with E-state index in [4.69, 9.17) is 16.7 Å². The molecule has 0 spiro atoms. The van der Waals surface area contributed by atoms with Crippen LogP contribution in [0.1, 0.15) is 58.9 Å². The zero-order chi connectivity index (χ0) is 20.9. The molecule has 0 aliphatic carbocycles. The molecule has 1 aromatic rings. The number of benzene rings is 1. The molecule has 1 unspecified atom stereocenters. The first-order chi connectivity index (χ1) is 13.4. The van der Waals surface area contributed by atoms with Gasteiger partial charge < -0.3 is 10.4 Å². The molecule has 0 fully saturated rings. The van der Waals surface area contributed by atoms with Crippen LogP contribution in [0.2, 0.25) is 5.02 Å². The number of unbranched alkanes of at least 4 members (excludes halogenated alkanes) is 1. The van der Waals surface area contributed by atoms with Gasteiger partial charge in [-0.25, -0.2) is 0 Å². The molecule has 0 bridgehead atoms. The Morgan fingerprint density at radius 1 is 1.29 bits per heavy atom. The minimum Gasteiger partial charge on any atom is -0.395 e. The molecule has 28 heavy (non-hydrogen) atoms. The summed E-state index contributed by atoms with van der Waals surface area (Å²) in [4.78, 5) is 12.0. The van der Waals surface area contributed by atoms with Crippen LogP contribution < -0.4 is 10.7 Å². The van der Waals surface area contributed by atoms with Crippen molar-refractivity contribution >= 4 is 23.2 Å². The fourth-order valence-electron chi connectivity index (χ4n) is 2.97. The van der Waals surface area contributed by atoms with E-state index < -0.39 is 0 Å². The van der Waals surface area contributed by atoms with Crippen LogP contribution in [-0.2, 0) is 11.2 Å². The number of hydrogen-bond acceptors (Lipinski definition) is 4. The maximum Gasteiger partial charge on any atom is 0.267 e. The summed E-state index contributed by atoms with van der Waals surface area (Å²) in [6, 6.07) is 7.97. The topological polar surface area (TPSA) is 73.7 Å². The molecule has 0 radical (unpaired) electrons. The standard InChI is InChI=1S/C22H34ClN3O2/c1-5-7-10-19(14-18-9-8-11-20(23)15-18)21(16(3)6-2)26-25-17(4)22(28)24-12-13-27/h8-9,11,15,19,26-27H,5-7,10,12-14H2,1-4H3,(H,24,28)/b21-16+,25-17+. The SMILES string of the molecule is CCCCC(Cc1cccc(Cl)c1)/C(N/N=C(\C)C(=O)NCCO)=C(/C)CC. The number of hydrazone groups is 1. The second kappa shape index (κ2) is 13.3. The first kappa shape index (κ1) is 24.2. The molecule has 1 atom stereocenters. The quantitative estimate of drug-likeness (QED) is 0.354. The van der Waals surface area contributed by atoms with E-state index in [9.17, 15) is 4.79 Å². The minimum absolute atomic E-state index is 0.0920. The summed E-state index contributed by atoms with van der Waals surface area (Å²) < 4.78 is 0. The van der Waals surface area contributed by atoms with Crippen molar-refractivity contribution in [2.75, 3.05) is 13.2 Å². The van der Waals surface area contributed by atoms with Gasteiger partial charge in [0, 0.05) is 23.2 Å². The van der Waals surface area contributed by atoms with Crippen molar-refractivity contribution in [3.05, 3.63) is 46.1 Å². The Labute approximate surface area is 174 Å². The molecule has 1 amide bonds. The van der Waals surface area contributed by atoms with Crippen LogP contribution in [0.25, 0.3) is 0 Å². The average molecular weight is 408 g/mol. The van der Waals surface area contributed by atoms with E-state index in [-0.39, 0.29) is 25.0 Å². The first-order valence-electron chi connectivity index (χ1n) is 10.1. The van der Waals surface area contributed by atoms with E-state index in [2.05, 4.69) is 42.7 Å². The third-order valence-corrected chi connectivity index (χ3v) is 4.98. The monoisotopic (exact) mass is 407 g/mol. The molecule has 0 heterocycles. The number of halogens is 1. The van der Waals surface area contributed by atoms with Crippen LogP contribution in [0.5, 0.6) is 0 Å². The predicted octanol–water partition coefficient (Wildman–Crippen LogP) is 4.45. The molecule has 5 nitrogen and oxygen atoms in total. The van der Waals surface area contributed by atoms with Gasteiger partial charge in [0.2, 0.25) is 0 Å². The molecule has 0 saturated heterocycles. The van der Waals surface area contributed by atoms with Crippen molar-refractivity contribution in [3.8, 4) is 0 Å². The Kier molecular flexibility index (Phi) is 11.5. The minimum atomic E-state index is -0.282. The summed E-state index contributed by atoms with van der Waals surface area (Å²) in [6.07, 6.45) is 5.05. The second-order valence-corrected chi connectivity index (χ2v) is 7.45. The third-order valence-electron chi connectivity index (χ3n) is 4.75. The van der Waals surface area contributed by atoms with Crippen molar-refractivity contribution in [2.24, 2.45) is 11.0 Å². The van der Waals surface area contributed by atoms with Gasteiger partial charge in [-0.1, -0.05) is 56.0 Å². The van der Waals surface area contributed by atoms with Crippen molar-refractivity contribution < 1.29 is 9.90 Å². The van der Waals surface area contributed by atoms with Gasteiger partial charge >= 0.3 is 0 Å². The summed E-state index contributed by atoms with van der Waals surface area (Å²) in [7, 11) is 0. The zero-order valence-electron chi connectivity index (χ0n) is 17.5. The van der Waals surface area contributed by atoms with E-state index in [0.717, 1.165) is 42.8 Å². The Balaban J connectivity index is 3.05. The fourth-order valence-corrected chi connectivity index (χ4v) is 3.18. The molecule has 0 aromatic heterocycles. The van der Waals surface area contributed by atoms with Crippen LogP contribution in [0.15, 0.2) is 40.6 Å². The maximum absolute atomic E-state index is 12.0. The summed E-state index contributed by atoms with van der Waals surface area (Å²) >= 11 is 6.17. The molecular weight excluding hydrogens is 374 g/mol. The van der Waals surface area contributed by atoms with Crippen LogP contribution in [0.4, 0.5) is 0 Å². The van der Waals surface area contributed by atoms with Gasteiger partial charge in [-0.15, -0.1) is 0 Å². The number of amides is 1. The van der Waals surface area contributed by atoms with Crippen molar-refractivity contribution in [1.29, 1.82) is 0 Å². The van der Waals surface area contributed by atoms with E-state index in [0.29, 0.717) is 5.71 Å². The molecule has 0 aliphatic rings. The summed E-state index contributed by atoms with van der Waals surface area (Å²) in [5, 5.41) is 16.5. The van der Waals surface area contributed by atoms with E-state index in [1.54, 1.807) is 6.92 Å². The molecule has 3 N–H and O–H groups in total. The maximum atomic E-state index is 12.0. The highest BCUT2D eigenvalue weighted by Gasteiger charge is 2.18. The molecular formula is C22H34ClN3O2. The van der Waals surface area contributed by atoms with Crippen LogP contribution in [0, 0.1) is 5.92 Å². The van der Waals surface area contributed by atoms with Gasteiger partial charge in [-0.05, 0) is 50.8 Å². The lowest BCUT2D eigenvalue weighted by molar-refractivity contribution is -0.115. The van der Waals surface area contributed by atoms with Crippen molar-refractivity contribution in [2.45, 2.75) is 59.8 Å². The van der Waals surface area contributed by atoms with E-state index in [1.165, 1.54) is 11.1 Å². The largest absolute Gasteiger partial charge is 0.395 e. The van der Waals surface area contributed by atoms with Gasteiger partial charge in [0.25, 0.3) is 5.91 Å². The van der Waals surface area contributed by atoms with Crippen molar-refractivity contribution in [3.63, 3.8) is 0 Å². The highest BCUT2D eigenvalue weighted by atomic mass is 35.5. The van der Waals surface area contributed by atoms with Gasteiger partial charge in [-0.2, -0.15) is 5.10 Å². The second-order valence-electron chi connectivity index (χ2n) is 7.01. The summed E-state index contributed by atoms with van der Waals surface area (Å²) in [5.41, 5.74) is 7.02. The summed E-state index contributed by atoms with van der Waals surface area (Å²) in [6.45, 7) is 8.21. The Morgan fingerprint density at radius 3 is 2.64 bits per heavy atom. The number of rotatable bonds is 12. The molecule has 0 aliphatic heterocycles. The lowest BCUT2D eigenvalue weighted by atomic mass is 9.89. The Bertz CT molecular complexity index is 686. The molecule has 1 rings (SSSR count). The number of nitrogens with one attached hydrogen (secondary N) is 2. The average Bonchev–Trinajstić information content (AvgIpc) is 2.69. The van der Waals surface area contributed by atoms with Crippen LogP contribution in [-0.4, -0.2) is 29.9 Å². The predicted molar refractivity (Wildman–Crippen MR) is 118 cm³/mol. The highest BCUT2D eigenvalue weighted by Crippen LogP contribution is 2.26. The van der Waals surface area contributed by atoms with Gasteiger partial charge in [0.1, 0.15) is 5.71 Å². The third kappa shape index (κ3) is 8.44. The summed E-state index contributed by atoms with van der Waals surface area (Å²) in [5.74, 6) is -0.00887. The van der Waals surface area contributed by atoms with Gasteiger partial charge in [0.15, 0.2) is 0 Å². The fraction of sp³-hybridized carbons (Fsp3) is 0.545. The smallest absolute Gasteiger partial charge is 0.267 e. The van der Waals surface area contributed by atoms with E-state index in [1.807, 2.05) is 18.2 Å². The molecule has 1 aromatic carbocycles. The number of hydrogen-bond donors (Lipinski definition) is 3. The lowest BCUT2D eigenvalue weighted by Gasteiger charge is -2.23. The van der Waals surface area contributed by atoms with Crippen molar-refractivity contribution in [1.82, 2.24) is 10.7 Å². The number of nitrogens with zero attached hydrogens (tertiary/aromatic N) is 1. The highest BCUT2D eigenvalue weighted by molar-refractivity contribution is 6.37. The first-order valence-corrected chi connectivity index (χ1v) is 10.4. The van der Waals surface area contributed by atoms with Crippen LogP contribution >= 0.6 is 11.6 Å². The lowest BCUT2D eigenvalue weighted by Crippen LogP contribution is -2.33. The number of carbonyl (C=O) groups is 1.